The monoisotopic (exact) mass is 483 g/mol. The second-order valence-electron chi connectivity index (χ2n) is 8.39. The number of hydrogen-bond donors (Lipinski definition) is 0. The first-order chi connectivity index (χ1) is 16.3. The maximum atomic E-state index is 13.4. The van der Waals surface area contributed by atoms with Gasteiger partial charge in [0.15, 0.2) is 0 Å². The lowest BCUT2D eigenvalue weighted by atomic mass is 10.0. The maximum Gasteiger partial charge on any atom is 0.446 e. The molecule has 2 aromatic carbocycles. The number of imide groups is 1. The number of thioether (sulfide) groups is 1. The fourth-order valence-electron chi connectivity index (χ4n) is 4.32. The van der Waals surface area contributed by atoms with Crippen molar-refractivity contribution in [2.75, 3.05) is 4.90 Å². The summed E-state index contributed by atoms with van der Waals surface area (Å²) in [4.78, 5) is 33.6. The molecule has 0 atom stereocenters. The zero-order chi connectivity index (χ0) is 23.9. The van der Waals surface area contributed by atoms with Crippen LogP contribution in [-0.2, 0) is 17.8 Å². The van der Waals surface area contributed by atoms with Crippen LogP contribution in [0.1, 0.15) is 29.5 Å². The molecule has 0 unspecified atom stereocenters. The quantitative estimate of drug-likeness (QED) is 0.329. The Kier molecular flexibility index (Phi) is 5.59. The molecule has 1 aliphatic carbocycles. The molecule has 2 fully saturated rings. The van der Waals surface area contributed by atoms with Crippen LogP contribution < -0.4 is 4.90 Å². The van der Waals surface area contributed by atoms with Gasteiger partial charge in [-0.3, -0.25) is 9.78 Å². The molecule has 3 amide bonds. The number of anilines is 1. The number of carbonyl (C=O) groups excluding carboxylic acids is 2. The van der Waals surface area contributed by atoms with Crippen LogP contribution in [0.4, 0.5) is 23.7 Å². The summed E-state index contributed by atoms with van der Waals surface area (Å²) >= 11 is -0.234. The number of carbonyl (C=O) groups is 2. The van der Waals surface area contributed by atoms with Crippen molar-refractivity contribution in [2.45, 2.75) is 41.7 Å². The SMILES string of the molecule is O=C1N(c2ccc(SC(F)(F)F)cc2)C(=O)C2(CC2)N1Cc1ccncc1Cc1ccccc1. The number of aromatic nitrogens is 1. The smallest absolute Gasteiger partial charge is 0.305 e. The minimum absolute atomic E-state index is 0.00400. The first kappa shape index (κ1) is 22.5. The highest BCUT2D eigenvalue weighted by Crippen LogP contribution is 2.50. The molecule has 34 heavy (non-hydrogen) atoms. The van der Waals surface area contributed by atoms with Crippen molar-refractivity contribution in [1.29, 1.82) is 0 Å². The van der Waals surface area contributed by atoms with E-state index in [-0.39, 0.29) is 34.8 Å². The topological polar surface area (TPSA) is 53.5 Å². The Labute approximate surface area is 198 Å². The number of halogens is 3. The van der Waals surface area contributed by atoms with Gasteiger partial charge in [-0.1, -0.05) is 30.3 Å². The molecule has 1 aliphatic heterocycles. The lowest BCUT2D eigenvalue weighted by Crippen LogP contribution is -2.36. The third kappa shape index (κ3) is 4.27. The van der Waals surface area contributed by atoms with Crippen LogP contribution in [0.3, 0.4) is 0 Å². The largest absolute Gasteiger partial charge is 0.446 e. The van der Waals surface area contributed by atoms with Crippen LogP contribution in [0.15, 0.2) is 78.0 Å². The standard InChI is InChI=1S/C25H20F3N3O2S/c26-25(27,28)34-21-8-6-20(7-9-21)31-22(32)24(11-12-24)30(23(31)33)16-18-10-13-29-15-19(18)14-17-4-2-1-3-5-17/h1-10,13,15H,11-12,14,16H2. The van der Waals surface area contributed by atoms with E-state index in [1.165, 1.54) is 24.3 Å². The Bertz CT molecular complexity index is 1230. The highest BCUT2D eigenvalue weighted by atomic mass is 32.2. The number of benzene rings is 2. The Balaban J connectivity index is 1.39. The predicted molar refractivity (Wildman–Crippen MR) is 122 cm³/mol. The summed E-state index contributed by atoms with van der Waals surface area (Å²) in [6.07, 6.45) is 5.22. The molecule has 9 heteroatoms. The van der Waals surface area contributed by atoms with Gasteiger partial charge in [0.05, 0.1) is 5.69 Å². The third-order valence-electron chi connectivity index (χ3n) is 6.16. The van der Waals surface area contributed by atoms with E-state index in [9.17, 15) is 22.8 Å². The molecule has 3 aromatic rings. The summed E-state index contributed by atoms with van der Waals surface area (Å²) in [5, 5.41) is 0. The van der Waals surface area contributed by atoms with Crippen LogP contribution in [0.25, 0.3) is 0 Å². The number of hydrogen-bond acceptors (Lipinski definition) is 4. The van der Waals surface area contributed by atoms with Gasteiger partial charge in [-0.05, 0) is 78.0 Å². The van der Waals surface area contributed by atoms with E-state index in [0.717, 1.165) is 21.6 Å². The van der Waals surface area contributed by atoms with E-state index >= 15 is 0 Å². The number of pyridine rings is 1. The highest BCUT2D eigenvalue weighted by Gasteiger charge is 2.65. The van der Waals surface area contributed by atoms with E-state index < -0.39 is 17.1 Å². The molecule has 0 radical (unpaired) electrons. The Hall–Kier alpha value is -3.33. The van der Waals surface area contributed by atoms with Crippen molar-refractivity contribution in [2.24, 2.45) is 0 Å². The van der Waals surface area contributed by atoms with Gasteiger partial charge in [-0.15, -0.1) is 0 Å². The van der Waals surface area contributed by atoms with Gasteiger partial charge in [0.2, 0.25) is 0 Å². The third-order valence-corrected chi connectivity index (χ3v) is 6.90. The average molecular weight is 484 g/mol. The van der Waals surface area contributed by atoms with Gasteiger partial charge in [-0.25, -0.2) is 9.69 Å². The summed E-state index contributed by atoms with van der Waals surface area (Å²) in [5.41, 5.74) is -2.03. The fraction of sp³-hybridized carbons (Fsp3) is 0.240. The highest BCUT2D eigenvalue weighted by molar-refractivity contribution is 8.00. The number of alkyl halides is 3. The lowest BCUT2D eigenvalue weighted by molar-refractivity contribution is -0.120. The van der Waals surface area contributed by atoms with E-state index in [1.54, 1.807) is 17.3 Å². The number of nitrogens with zero attached hydrogens (tertiary/aromatic N) is 3. The van der Waals surface area contributed by atoms with Gasteiger partial charge in [0, 0.05) is 23.8 Å². The zero-order valence-corrected chi connectivity index (χ0v) is 18.8. The molecular weight excluding hydrogens is 463 g/mol. The van der Waals surface area contributed by atoms with Crippen LogP contribution in [0, 0.1) is 0 Å². The molecular formula is C25H20F3N3O2S. The van der Waals surface area contributed by atoms with E-state index in [2.05, 4.69) is 4.98 Å². The maximum absolute atomic E-state index is 13.4. The fourth-order valence-corrected chi connectivity index (χ4v) is 4.85. The molecule has 2 aliphatic rings. The summed E-state index contributed by atoms with van der Waals surface area (Å²) in [6, 6.07) is 16.6. The molecule has 2 heterocycles. The van der Waals surface area contributed by atoms with Crippen molar-refractivity contribution >= 4 is 29.4 Å². The first-order valence-electron chi connectivity index (χ1n) is 10.7. The first-order valence-corrected chi connectivity index (χ1v) is 11.6. The minimum atomic E-state index is -4.41. The Morgan fingerprint density at radius 2 is 1.65 bits per heavy atom. The van der Waals surface area contributed by atoms with E-state index in [1.807, 2.05) is 36.4 Å². The van der Waals surface area contributed by atoms with Crippen molar-refractivity contribution in [1.82, 2.24) is 9.88 Å². The second-order valence-corrected chi connectivity index (χ2v) is 9.53. The summed E-state index contributed by atoms with van der Waals surface area (Å²) in [5.74, 6) is -0.326. The van der Waals surface area contributed by atoms with Crippen molar-refractivity contribution in [3.63, 3.8) is 0 Å². The average Bonchev–Trinajstić information content (AvgIpc) is 3.58. The molecule has 1 aromatic heterocycles. The minimum Gasteiger partial charge on any atom is -0.305 e. The molecule has 174 valence electrons. The van der Waals surface area contributed by atoms with Crippen LogP contribution in [0.2, 0.25) is 0 Å². The summed E-state index contributed by atoms with van der Waals surface area (Å²) in [7, 11) is 0. The number of urea groups is 1. The van der Waals surface area contributed by atoms with Gasteiger partial charge < -0.3 is 4.90 Å². The molecule has 0 bridgehead atoms. The van der Waals surface area contributed by atoms with E-state index in [0.29, 0.717) is 19.3 Å². The molecule has 1 saturated carbocycles. The van der Waals surface area contributed by atoms with Crippen LogP contribution >= 0.6 is 11.8 Å². The van der Waals surface area contributed by atoms with Crippen molar-refractivity contribution in [3.8, 4) is 0 Å². The van der Waals surface area contributed by atoms with Crippen LogP contribution in [0.5, 0.6) is 0 Å². The van der Waals surface area contributed by atoms with Gasteiger partial charge in [0.1, 0.15) is 5.54 Å². The normalized spacial score (nSPS) is 17.0. The molecule has 1 saturated heterocycles. The van der Waals surface area contributed by atoms with Crippen molar-refractivity contribution in [3.05, 3.63) is 89.7 Å². The Morgan fingerprint density at radius 1 is 0.941 bits per heavy atom. The Morgan fingerprint density at radius 3 is 2.29 bits per heavy atom. The molecule has 0 N–H and O–H groups in total. The second kappa shape index (κ2) is 8.47. The van der Waals surface area contributed by atoms with Gasteiger partial charge >= 0.3 is 11.5 Å². The van der Waals surface area contributed by atoms with Crippen molar-refractivity contribution < 1.29 is 22.8 Å². The van der Waals surface area contributed by atoms with Gasteiger partial charge in [-0.2, -0.15) is 13.2 Å². The summed E-state index contributed by atoms with van der Waals surface area (Å²) < 4.78 is 37.9. The molecule has 5 rings (SSSR count). The molecule has 5 nitrogen and oxygen atoms in total. The predicted octanol–water partition coefficient (Wildman–Crippen LogP) is 5.79. The van der Waals surface area contributed by atoms with Crippen LogP contribution in [-0.4, -0.2) is 32.9 Å². The van der Waals surface area contributed by atoms with Gasteiger partial charge in [0.25, 0.3) is 5.91 Å². The molecule has 1 spiro atoms. The summed E-state index contributed by atoms with van der Waals surface area (Å²) in [6.45, 7) is 0.258. The van der Waals surface area contributed by atoms with E-state index in [4.69, 9.17) is 0 Å². The number of amides is 3. The lowest BCUT2D eigenvalue weighted by Gasteiger charge is -2.22. The zero-order valence-electron chi connectivity index (χ0n) is 18.0. The number of rotatable bonds is 6.